The smallest absolute Gasteiger partial charge is 0.223 e. The van der Waals surface area contributed by atoms with Crippen LogP contribution in [0, 0.1) is 11.8 Å². The van der Waals surface area contributed by atoms with Crippen molar-refractivity contribution in [2.75, 3.05) is 26.4 Å². The molecule has 4 atom stereocenters. The number of carbonyl (C=O) groups excluding carboxylic acids is 2. The van der Waals surface area contributed by atoms with Gasteiger partial charge in [0.2, 0.25) is 11.8 Å². The Hall–Kier alpha value is -2.73. The zero-order valence-corrected chi connectivity index (χ0v) is 18.9. The van der Waals surface area contributed by atoms with Crippen molar-refractivity contribution in [1.82, 2.24) is 9.80 Å². The van der Waals surface area contributed by atoms with Crippen LogP contribution in [0.1, 0.15) is 49.9 Å². The molecule has 2 heterocycles. The van der Waals surface area contributed by atoms with Crippen molar-refractivity contribution in [2.24, 2.45) is 11.8 Å². The summed E-state index contributed by atoms with van der Waals surface area (Å²) in [5, 5.41) is 9.08. The molecule has 2 aromatic carbocycles. The monoisotopic (exact) mass is 440 g/mol. The first-order valence-electron chi connectivity index (χ1n) is 11.3. The van der Waals surface area contributed by atoms with Gasteiger partial charge in [0, 0.05) is 44.4 Å². The highest BCUT2D eigenvalue weighted by molar-refractivity contribution is 5.79. The Morgan fingerprint density at radius 3 is 1.56 bits per heavy atom. The Labute approximate surface area is 189 Å². The fourth-order valence-corrected chi connectivity index (χ4v) is 4.41. The lowest BCUT2D eigenvalue weighted by molar-refractivity contribution is -0.130. The van der Waals surface area contributed by atoms with Gasteiger partial charge in [0.15, 0.2) is 0 Å². The van der Waals surface area contributed by atoms with Crippen molar-refractivity contribution in [3.8, 4) is 0 Å². The summed E-state index contributed by atoms with van der Waals surface area (Å²) in [4.78, 5) is 27.1. The van der Waals surface area contributed by atoms with E-state index in [1.807, 2.05) is 79.4 Å². The third-order valence-electron chi connectivity index (χ3n) is 6.45. The van der Waals surface area contributed by atoms with E-state index >= 15 is 0 Å². The van der Waals surface area contributed by atoms with Gasteiger partial charge >= 0.3 is 0 Å². The number of aliphatic hydroxyl groups is 1. The molecular formula is C26H33FN2O3. The molecule has 2 aliphatic heterocycles. The summed E-state index contributed by atoms with van der Waals surface area (Å²) in [5.41, 5.74) is 2.25. The topological polar surface area (TPSA) is 60.9 Å². The summed E-state index contributed by atoms with van der Waals surface area (Å²) >= 11 is 0. The minimum Gasteiger partial charge on any atom is -0.396 e. The molecule has 2 aromatic rings. The Balaban J connectivity index is 0.000000181. The van der Waals surface area contributed by atoms with Crippen LogP contribution in [0.2, 0.25) is 0 Å². The average Bonchev–Trinajstić information content (AvgIpc) is 3.41. The highest BCUT2D eigenvalue weighted by Crippen LogP contribution is 2.29. The molecule has 0 aromatic heterocycles. The quantitative estimate of drug-likeness (QED) is 0.734. The third-order valence-corrected chi connectivity index (χ3v) is 6.45. The van der Waals surface area contributed by atoms with Gasteiger partial charge in [0.25, 0.3) is 0 Å². The zero-order valence-electron chi connectivity index (χ0n) is 18.9. The summed E-state index contributed by atoms with van der Waals surface area (Å²) in [5.74, 6) is 0.215. The number of alkyl halides is 1. The minimum absolute atomic E-state index is 0.0465. The first-order chi connectivity index (χ1) is 15.4. The molecule has 32 heavy (non-hydrogen) atoms. The van der Waals surface area contributed by atoms with Gasteiger partial charge in [0.05, 0.1) is 18.8 Å². The van der Waals surface area contributed by atoms with E-state index in [-0.39, 0.29) is 42.3 Å². The maximum absolute atomic E-state index is 12.5. The van der Waals surface area contributed by atoms with Gasteiger partial charge in [-0.05, 0) is 25.0 Å². The van der Waals surface area contributed by atoms with Crippen LogP contribution in [0.3, 0.4) is 0 Å². The van der Waals surface area contributed by atoms with Crippen LogP contribution >= 0.6 is 0 Å². The molecule has 2 amide bonds. The van der Waals surface area contributed by atoms with Crippen LogP contribution in [0.5, 0.6) is 0 Å². The van der Waals surface area contributed by atoms with Crippen LogP contribution in [0.25, 0.3) is 0 Å². The van der Waals surface area contributed by atoms with Gasteiger partial charge in [-0.15, -0.1) is 0 Å². The minimum atomic E-state index is -0.399. The molecule has 0 aliphatic carbocycles. The van der Waals surface area contributed by atoms with Crippen LogP contribution in [0.15, 0.2) is 60.7 Å². The third kappa shape index (κ3) is 5.74. The molecule has 0 bridgehead atoms. The normalized spacial score (nSPS) is 22.5. The molecule has 6 heteroatoms. The number of aliphatic hydroxyl groups excluding tert-OH is 1. The molecule has 0 radical (unpaired) electrons. The van der Waals surface area contributed by atoms with Crippen molar-refractivity contribution in [2.45, 2.75) is 38.8 Å². The van der Waals surface area contributed by atoms with Gasteiger partial charge < -0.3 is 14.9 Å². The van der Waals surface area contributed by atoms with Gasteiger partial charge in [-0.1, -0.05) is 60.7 Å². The second-order valence-electron chi connectivity index (χ2n) is 8.74. The summed E-state index contributed by atoms with van der Waals surface area (Å²) in [6.07, 6.45) is 0.835. The van der Waals surface area contributed by atoms with E-state index in [9.17, 15) is 14.0 Å². The van der Waals surface area contributed by atoms with E-state index in [4.69, 9.17) is 5.11 Å². The number of hydrogen-bond acceptors (Lipinski definition) is 3. The molecular weight excluding hydrogens is 407 g/mol. The number of amides is 2. The summed E-state index contributed by atoms with van der Waals surface area (Å²) in [6, 6.07) is 20.0. The van der Waals surface area contributed by atoms with Crippen molar-refractivity contribution in [1.29, 1.82) is 0 Å². The van der Waals surface area contributed by atoms with E-state index in [1.165, 1.54) is 0 Å². The van der Waals surface area contributed by atoms with Crippen LogP contribution < -0.4 is 0 Å². The number of hydrogen-bond donors (Lipinski definition) is 1. The van der Waals surface area contributed by atoms with Crippen molar-refractivity contribution in [3.05, 3.63) is 71.8 Å². The lowest BCUT2D eigenvalue weighted by atomic mass is 10.1. The van der Waals surface area contributed by atoms with Gasteiger partial charge in [-0.2, -0.15) is 0 Å². The molecule has 2 aliphatic rings. The van der Waals surface area contributed by atoms with Crippen LogP contribution in [-0.4, -0.2) is 53.1 Å². The van der Waals surface area contributed by atoms with E-state index in [2.05, 4.69) is 0 Å². The number of halogens is 1. The Bertz CT molecular complexity index is 804. The lowest BCUT2D eigenvalue weighted by Crippen LogP contribution is -2.28. The van der Waals surface area contributed by atoms with Gasteiger partial charge in [0.1, 0.15) is 0 Å². The van der Waals surface area contributed by atoms with E-state index < -0.39 is 6.67 Å². The first-order valence-corrected chi connectivity index (χ1v) is 11.3. The Kier molecular flexibility index (Phi) is 8.39. The second-order valence-corrected chi connectivity index (χ2v) is 8.74. The fourth-order valence-electron chi connectivity index (χ4n) is 4.41. The summed E-state index contributed by atoms with van der Waals surface area (Å²) < 4.78 is 12.5. The molecule has 0 saturated carbocycles. The van der Waals surface area contributed by atoms with Crippen molar-refractivity contribution in [3.63, 3.8) is 0 Å². The molecule has 4 rings (SSSR count). The number of rotatable bonds is 6. The number of nitrogens with zero attached hydrogens (tertiary/aromatic N) is 2. The molecule has 172 valence electrons. The zero-order chi connectivity index (χ0) is 23.1. The molecule has 2 fully saturated rings. The van der Waals surface area contributed by atoms with E-state index in [0.717, 1.165) is 11.1 Å². The Morgan fingerprint density at radius 1 is 0.812 bits per heavy atom. The highest BCUT2D eigenvalue weighted by Gasteiger charge is 2.33. The standard InChI is InChI=1S/C13H16FNO.C13H17NO2/c1-10(12-5-3-2-4-6-12)15-9-11(8-14)7-13(15)16;1-10(12-5-3-2-4-6-12)14-8-11(9-15)7-13(14)16/h2-6,10-11H,7-9H2,1H3;2-6,10-11,15H,7-9H2,1H3/t10-,11+;10-,11-/m11/s1. The molecule has 2 saturated heterocycles. The van der Waals surface area contributed by atoms with E-state index in [0.29, 0.717) is 25.9 Å². The number of carbonyl (C=O) groups is 2. The predicted molar refractivity (Wildman–Crippen MR) is 122 cm³/mol. The average molecular weight is 441 g/mol. The fraction of sp³-hybridized carbons (Fsp3) is 0.462. The van der Waals surface area contributed by atoms with Crippen molar-refractivity contribution >= 4 is 11.8 Å². The predicted octanol–water partition coefficient (Wildman–Crippen LogP) is 4.15. The van der Waals surface area contributed by atoms with Gasteiger partial charge in [-0.25, -0.2) is 0 Å². The highest BCUT2D eigenvalue weighted by atomic mass is 19.1. The van der Waals surface area contributed by atoms with Gasteiger partial charge in [-0.3, -0.25) is 14.0 Å². The number of benzene rings is 2. The first kappa shape index (κ1) is 23.9. The maximum atomic E-state index is 12.5. The Morgan fingerprint density at radius 2 is 1.22 bits per heavy atom. The molecule has 1 N–H and O–H groups in total. The summed E-state index contributed by atoms with van der Waals surface area (Å²) in [7, 11) is 0. The molecule has 0 unspecified atom stereocenters. The SMILES string of the molecule is C[C@H](c1ccccc1)N1C[C@H](CF)CC1=O.C[C@H](c1ccccc1)N1C[C@H](CO)CC1=O. The molecule has 0 spiro atoms. The number of likely N-dealkylation sites (tertiary alicyclic amines) is 2. The summed E-state index contributed by atoms with van der Waals surface area (Å²) in [6.45, 7) is 4.95. The van der Waals surface area contributed by atoms with Crippen LogP contribution in [-0.2, 0) is 9.59 Å². The van der Waals surface area contributed by atoms with Crippen LogP contribution in [0.4, 0.5) is 4.39 Å². The van der Waals surface area contributed by atoms with Crippen molar-refractivity contribution < 1.29 is 19.1 Å². The lowest BCUT2D eigenvalue weighted by Gasteiger charge is -2.25. The maximum Gasteiger partial charge on any atom is 0.223 e. The molecule has 5 nitrogen and oxygen atoms in total. The van der Waals surface area contributed by atoms with E-state index in [1.54, 1.807) is 4.90 Å². The second kappa shape index (κ2) is 11.2. The largest absolute Gasteiger partial charge is 0.396 e.